The van der Waals surface area contributed by atoms with Gasteiger partial charge in [0.25, 0.3) is 0 Å². The summed E-state index contributed by atoms with van der Waals surface area (Å²) in [7, 11) is 0. The van der Waals surface area contributed by atoms with Gasteiger partial charge in [-0.3, -0.25) is 0 Å². The zero-order valence-electron chi connectivity index (χ0n) is 9.39. The Morgan fingerprint density at radius 3 is 2.47 bits per heavy atom. The molecule has 0 aliphatic carbocycles. The number of aromatic hydroxyl groups is 1. The molecule has 88 valence electrons. The van der Waals surface area contributed by atoms with Crippen LogP contribution < -0.4 is 5.32 Å². The van der Waals surface area contributed by atoms with Gasteiger partial charge in [0.2, 0.25) is 5.95 Å². The minimum absolute atomic E-state index is 0.0582. The molecule has 0 radical (unpaired) electrons. The lowest BCUT2D eigenvalue weighted by molar-refractivity contribution is 0.475. The predicted octanol–water partition coefficient (Wildman–Crippen LogP) is 3.10. The predicted molar refractivity (Wildman–Crippen MR) is 64.3 cm³/mol. The van der Waals surface area contributed by atoms with Crippen LogP contribution in [-0.2, 0) is 0 Å². The van der Waals surface area contributed by atoms with Crippen molar-refractivity contribution in [1.82, 2.24) is 4.98 Å². The van der Waals surface area contributed by atoms with Gasteiger partial charge < -0.3 is 10.4 Å². The van der Waals surface area contributed by atoms with E-state index in [1.165, 1.54) is 12.3 Å². The number of nitrogens with zero attached hydrogens (tertiary/aromatic N) is 1. The maximum absolute atomic E-state index is 12.6. The minimum Gasteiger partial charge on any atom is -0.508 e. The number of anilines is 1. The van der Waals surface area contributed by atoms with E-state index in [0.717, 1.165) is 11.3 Å². The third-order valence-electron chi connectivity index (χ3n) is 2.50. The molecule has 1 aromatic heterocycles. The Bertz CT molecular complexity index is 482. The molecular formula is C13H13FN2O. The summed E-state index contributed by atoms with van der Waals surface area (Å²) in [6.07, 6.45) is 1.45. The summed E-state index contributed by atoms with van der Waals surface area (Å²) < 4.78 is 12.6. The molecule has 4 heteroatoms. The third-order valence-corrected chi connectivity index (χ3v) is 2.50. The fourth-order valence-corrected chi connectivity index (χ4v) is 1.56. The normalized spacial score (nSPS) is 12.1. The van der Waals surface area contributed by atoms with E-state index in [9.17, 15) is 9.50 Å². The van der Waals surface area contributed by atoms with Crippen molar-refractivity contribution >= 4 is 5.69 Å². The summed E-state index contributed by atoms with van der Waals surface area (Å²) in [5.41, 5.74) is 1.79. The number of pyridine rings is 1. The van der Waals surface area contributed by atoms with Crippen LogP contribution >= 0.6 is 0 Å². The topological polar surface area (TPSA) is 45.2 Å². The van der Waals surface area contributed by atoms with Crippen LogP contribution in [0.5, 0.6) is 5.75 Å². The lowest BCUT2D eigenvalue weighted by Gasteiger charge is -2.15. The van der Waals surface area contributed by atoms with Crippen LogP contribution in [0.1, 0.15) is 18.5 Å². The van der Waals surface area contributed by atoms with E-state index < -0.39 is 5.95 Å². The molecule has 1 atom stereocenters. The van der Waals surface area contributed by atoms with Crippen LogP contribution in [-0.4, -0.2) is 10.1 Å². The van der Waals surface area contributed by atoms with Crippen molar-refractivity contribution in [3.05, 3.63) is 54.1 Å². The van der Waals surface area contributed by atoms with E-state index in [2.05, 4.69) is 10.3 Å². The summed E-state index contributed by atoms with van der Waals surface area (Å²) in [5, 5.41) is 12.4. The molecule has 0 spiro atoms. The van der Waals surface area contributed by atoms with E-state index in [4.69, 9.17) is 0 Å². The molecule has 0 saturated carbocycles. The molecule has 0 aliphatic heterocycles. The van der Waals surface area contributed by atoms with Gasteiger partial charge in [-0.2, -0.15) is 4.39 Å². The van der Waals surface area contributed by atoms with E-state index >= 15 is 0 Å². The van der Waals surface area contributed by atoms with Gasteiger partial charge in [0.1, 0.15) is 5.75 Å². The second-order valence-corrected chi connectivity index (χ2v) is 3.83. The van der Waals surface area contributed by atoms with Gasteiger partial charge in [0.15, 0.2) is 0 Å². The van der Waals surface area contributed by atoms with Crippen LogP contribution in [0.2, 0.25) is 0 Å². The monoisotopic (exact) mass is 232 g/mol. The smallest absolute Gasteiger partial charge is 0.212 e. The Labute approximate surface area is 98.9 Å². The Balaban J connectivity index is 2.08. The minimum atomic E-state index is -0.493. The molecule has 2 aromatic rings. The average molecular weight is 232 g/mol. The summed E-state index contributed by atoms with van der Waals surface area (Å²) in [5.74, 6) is -0.253. The van der Waals surface area contributed by atoms with Crippen LogP contribution in [0.25, 0.3) is 0 Å². The van der Waals surface area contributed by atoms with Gasteiger partial charge >= 0.3 is 0 Å². The molecule has 0 bridgehead atoms. The largest absolute Gasteiger partial charge is 0.508 e. The van der Waals surface area contributed by atoms with E-state index in [0.29, 0.717) is 0 Å². The Morgan fingerprint density at radius 2 is 1.88 bits per heavy atom. The number of halogens is 1. The van der Waals surface area contributed by atoms with Crippen molar-refractivity contribution in [2.45, 2.75) is 13.0 Å². The van der Waals surface area contributed by atoms with Gasteiger partial charge in [-0.1, -0.05) is 12.1 Å². The fourth-order valence-electron chi connectivity index (χ4n) is 1.56. The Kier molecular flexibility index (Phi) is 3.23. The fraction of sp³-hybridized carbons (Fsp3) is 0.154. The second-order valence-electron chi connectivity index (χ2n) is 3.83. The van der Waals surface area contributed by atoms with Crippen molar-refractivity contribution in [3.8, 4) is 5.75 Å². The first-order valence-corrected chi connectivity index (χ1v) is 5.32. The molecule has 1 unspecified atom stereocenters. The van der Waals surface area contributed by atoms with E-state index in [-0.39, 0.29) is 11.8 Å². The first-order valence-electron chi connectivity index (χ1n) is 5.32. The number of phenolic OH excluding ortho intramolecular Hbond substituents is 1. The van der Waals surface area contributed by atoms with Crippen molar-refractivity contribution in [1.29, 1.82) is 0 Å². The highest BCUT2D eigenvalue weighted by molar-refractivity contribution is 5.43. The number of benzene rings is 1. The number of nitrogens with one attached hydrogen (secondary N) is 1. The number of rotatable bonds is 3. The summed E-state index contributed by atoms with van der Waals surface area (Å²) in [6, 6.07) is 9.95. The van der Waals surface area contributed by atoms with Gasteiger partial charge in [-0.15, -0.1) is 0 Å². The van der Waals surface area contributed by atoms with E-state index in [1.807, 2.05) is 19.1 Å². The van der Waals surface area contributed by atoms with Crippen molar-refractivity contribution in [3.63, 3.8) is 0 Å². The van der Waals surface area contributed by atoms with Gasteiger partial charge in [0.05, 0.1) is 11.9 Å². The van der Waals surface area contributed by atoms with Crippen molar-refractivity contribution in [2.24, 2.45) is 0 Å². The SMILES string of the molecule is CC(Nc1ccc(F)nc1)c1ccc(O)cc1. The maximum Gasteiger partial charge on any atom is 0.212 e. The van der Waals surface area contributed by atoms with Crippen molar-refractivity contribution < 1.29 is 9.50 Å². The number of hydrogen-bond acceptors (Lipinski definition) is 3. The summed E-state index contributed by atoms with van der Waals surface area (Å²) in [6.45, 7) is 1.98. The van der Waals surface area contributed by atoms with Crippen LogP contribution in [0.3, 0.4) is 0 Å². The lowest BCUT2D eigenvalue weighted by atomic mass is 10.1. The third kappa shape index (κ3) is 2.93. The second kappa shape index (κ2) is 4.82. The maximum atomic E-state index is 12.6. The Morgan fingerprint density at radius 1 is 1.18 bits per heavy atom. The van der Waals surface area contributed by atoms with Crippen molar-refractivity contribution in [2.75, 3.05) is 5.32 Å². The zero-order chi connectivity index (χ0) is 12.3. The molecule has 17 heavy (non-hydrogen) atoms. The van der Waals surface area contributed by atoms with Gasteiger partial charge in [0, 0.05) is 6.04 Å². The molecule has 2 N–H and O–H groups in total. The molecule has 0 fully saturated rings. The summed E-state index contributed by atoms with van der Waals surface area (Å²) in [4.78, 5) is 3.57. The van der Waals surface area contributed by atoms with Crippen LogP contribution in [0.4, 0.5) is 10.1 Å². The quantitative estimate of drug-likeness (QED) is 0.799. The molecule has 0 saturated heterocycles. The lowest BCUT2D eigenvalue weighted by Crippen LogP contribution is -2.06. The van der Waals surface area contributed by atoms with E-state index in [1.54, 1.807) is 18.2 Å². The van der Waals surface area contributed by atoms with Gasteiger partial charge in [-0.05, 0) is 36.8 Å². The summed E-state index contributed by atoms with van der Waals surface area (Å²) >= 11 is 0. The molecule has 0 aliphatic rings. The molecule has 0 amide bonds. The molecular weight excluding hydrogens is 219 g/mol. The first-order chi connectivity index (χ1) is 8.15. The zero-order valence-corrected chi connectivity index (χ0v) is 9.39. The highest BCUT2D eigenvalue weighted by atomic mass is 19.1. The standard InChI is InChI=1S/C13H13FN2O/c1-9(10-2-5-12(17)6-3-10)16-11-4-7-13(14)15-8-11/h2-9,16-17H,1H3. The highest BCUT2D eigenvalue weighted by Gasteiger charge is 2.05. The molecule has 2 rings (SSSR count). The highest BCUT2D eigenvalue weighted by Crippen LogP contribution is 2.20. The number of phenols is 1. The Hall–Kier alpha value is -2.10. The number of aromatic nitrogens is 1. The van der Waals surface area contributed by atoms with Crippen LogP contribution in [0.15, 0.2) is 42.6 Å². The average Bonchev–Trinajstić information content (AvgIpc) is 2.33. The van der Waals surface area contributed by atoms with Crippen LogP contribution in [0, 0.1) is 5.95 Å². The van der Waals surface area contributed by atoms with Gasteiger partial charge in [-0.25, -0.2) is 4.98 Å². The molecule has 1 heterocycles. The molecule has 3 nitrogen and oxygen atoms in total. The first kappa shape index (κ1) is 11.4. The number of hydrogen-bond donors (Lipinski definition) is 2. The molecule has 1 aromatic carbocycles.